The van der Waals surface area contributed by atoms with Gasteiger partial charge in [-0.15, -0.1) is 11.3 Å². The highest BCUT2D eigenvalue weighted by molar-refractivity contribution is 7.11. The van der Waals surface area contributed by atoms with Crippen LogP contribution in [0.15, 0.2) is 66.0 Å². The molecule has 0 saturated heterocycles. The number of hydrogen-bond acceptors (Lipinski definition) is 5. The van der Waals surface area contributed by atoms with Crippen LogP contribution in [0.25, 0.3) is 11.6 Å². The van der Waals surface area contributed by atoms with E-state index in [-0.39, 0.29) is 6.61 Å². The Hall–Kier alpha value is -3.38. The minimum absolute atomic E-state index is 0.374. The number of carbonyl (C=O) groups excluding carboxylic acids is 2. The second kappa shape index (κ2) is 9.71. The van der Waals surface area contributed by atoms with Crippen molar-refractivity contribution in [3.05, 3.63) is 82.0 Å². The topological polar surface area (TPSA) is 64.6 Å². The lowest BCUT2D eigenvalue weighted by atomic mass is 10.1. The van der Waals surface area contributed by atoms with E-state index in [0.717, 1.165) is 16.0 Å². The van der Waals surface area contributed by atoms with Crippen molar-refractivity contribution in [1.82, 2.24) is 0 Å². The van der Waals surface area contributed by atoms with Gasteiger partial charge in [-0.05, 0) is 54.3 Å². The minimum atomic E-state index is -0.543. The molecule has 0 aliphatic carbocycles. The third-order valence-corrected chi connectivity index (χ3v) is 4.97. The monoisotopic (exact) mass is 407 g/mol. The zero-order valence-corrected chi connectivity index (χ0v) is 17.0. The summed E-state index contributed by atoms with van der Waals surface area (Å²) in [6.45, 7) is 1.62. The van der Waals surface area contributed by atoms with Gasteiger partial charge in [-0.1, -0.05) is 35.9 Å². The number of esters is 1. The molecule has 5 nitrogen and oxygen atoms in total. The maximum atomic E-state index is 12.7. The van der Waals surface area contributed by atoms with Crippen molar-refractivity contribution in [3.63, 3.8) is 0 Å². The molecule has 148 valence electrons. The standard InChI is InChI=1S/C23H21NO4S/c1-16-5-3-6-17(13-16)14-20(21-7-4-12-29-21)23(26)28-15-22(25)24-18-8-10-19(27-2)11-9-18/h3-14H,15H2,1-2H3,(H,24,25)/b20-14+. The predicted molar refractivity (Wildman–Crippen MR) is 116 cm³/mol. The summed E-state index contributed by atoms with van der Waals surface area (Å²) in [5.41, 5.74) is 3.01. The number of hydrogen-bond donors (Lipinski definition) is 1. The second-order valence-corrected chi connectivity index (χ2v) is 7.25. The lowest BCUT2D eigenvalue weighted by molar-refractivity contribution is -0.141. The average molecular weight is 407 g/mol. The molecule has 2 aromatic carbocycles. The maximum Gasteiger partial charge on any atom is 0.340 e. The molecule has 0 aliphatic heterocycles. The number of amides is 1. The van der Waals surface area contributed by atoms with E-state index in [1.54, 1.807) is 37.5 Å². The van der Waals surface area contributed by atoms with Crippen LogP contribution < -0.4 is 10.1 Å². The van der Waals surface area contributed by atoms with Gasteiger partial charge in [-0.3, -0.25) is 4.79 Å². The van der Waals surface area contributed by atoms with Gasteiger partial charge >= 0.3 is 5.97 Å². The van der Waals surface area contributed by atoms with E-state index in [9.17, 15) is 9.59 Å². The van der Waals surface area contributed by atoms with Crippen LogP contribution in [0.3, 0.4) is 0 Å². The van der Waals surface area contributed by atoms with Gasteiger partial charge in [0.25, 0.3) is 5.91 Å². The van der Waals surface area contributed by atoms with Crippen LogP contribution in [0, 0.1) is 6.92 Å². The van der Waals surface area contributed by atoms with E-state index < -0.39 is 11.9 Å². The Morgan fingerprint density at radius 1 is 1.07 bits per heavy atom. The summed E-state index contributed by atoms with van der Waals surface area (Å²) in [5, 5.41) is 4.58. The van der Waals surface area contributed by atoms with E-state index in [1.807, 2.05) is 48.7 Å². The highest BCUT2D eigenvalue weighted by atomic mass is 32.1. The van der Waals surface area contributed by atoms with Crippen LogP contribution in [-0.2, 0) is 14.3 Å². The van der Waals surface area contributed by atoms with Gasteiger partial charge in [0.15, 0.2) is 6.61 Å². The molecular formula is C23H21NO4S. The van der Waals surface area contributed by atoms with Crippen LogP contribution in [-0.4, -0.2) is 25.6 Å². The molecule has 1 heterocycles. The molecule has 0 aliphatic rings. The van der Waals surface area contributed by atoms with Crippen LogP contribution >= 0.6 is 11.3 Å². The van der Waals surface area contributed by atoms with Crippen molar-refractivity contribution in [2.24, 2.45) is 0 Å². The highest BCUT2D eigenvalue weighted by Gasteiger charge is 2.16. The number of nitrogens with one attached hydrogen (secondary N) is 1. The predicted octanol–water partition coefficient (Wildman–Crippen LogP) is 4.79. The van der Waals surface area contributed by atoms with E-state index in [2.05, 4.69) is 5.32 Å². The first-order valence-electron chi connectivity index (χ1n) is 8.98. The van der Waals surface area contributed by atoms with Crippen LogP contribution in [0.2, 0.25) is 0 Å². The Morgan fingerprint density at radius 3 is 2.52 bits per heavy atom. The zero-order valence-electron chi connectivity index (χ0n) is 16.2. The third kappa shape index (κ3) is 5.80. The molecule has 0 radical (unpaired) electrons. The number of ether oxygens (including phenoxy) is 2. The first kappa shape index (κ1) is 20.4. The summed E-state index contributed by atoms with van der Waals surface area (Å²) in [4.78, 5) is 25.6. The lowest BCUT2D eigenvalue weighted by Gasteiger charge is -2.09. The van der Waals surface area contributed by atoms with Gasteiger partial charge in [0.1, 0.15) is 5.75 Å². The Kier molecular flexibility index (Phi) is 6.81. The summed E-state index contributed by atoms with van der Waals surface area (Å²) in [5.74, 6) is -0.264. The summed E-state index contributed by atoms with van der Waals surface area (Å²) < 4.78 is 10.4. The van der Waals surface area contributed by atoms with Gasteiger partial charge in [0.05, 0.1) is 12.7 Å². The first-order chi connectivity index (χ1) is 14.0. The smallest absolute Gasteiger partial charge is 0.340 e. The fourth-order valence-electron chi connectivity index (χ4n) is 2.67. The van der Waals surface area contributed by atoms with Gasteiger partial charge < -0.3 is 14.8 Å². The van der Waals surface area contributed by atoms with E-state index in [4.69, 9.17) is 9.47 Å². The van der Waals surface area contributed by atoms with Gasteiger partial charge in [-0.2, -0.15) is 0 Å². The van der Waals surface area contributed by atoms with Crippen molar-refractivity contribution in [2.45, 2.75) is 6.92 Å². The van der Waals surface area contributed by atoms with Gasteiger partial charge in [-0.25, -0.2) is 4.79 Å². The quantitative estimate of drug-likeness (QED) is 0.452. The molecule has 0 spiro atoms. The van der Waals surface area contributed by atoms with E-state index in [1.165, 1.54) is 11.3 Å². The molecule has 0 saturated carbocycles. The SMILES string of the molecule is COc1ccc(NC(=O)COC(=O)/C(=C/c2cccc(C)c2)c2cccs2)cc1. The number of thiophene rings is 1. The summed E-state index contributed by atoms with van der Waals surface area (Å²) in [6, 6.07) is 18.5. The molecule has 3 aromatic rings. The summed E-state index contributed by atoms with van der Waals surface area (Å²) in [7, 11) is 1.57. The Bertz CT molecular complexity index is 1010. The average Bonchev–Trinajstić information content (AvgIpc) is 3.25. The number of rotatable bonds is 7. The summed E-state index contributed by atoms with van der Waals surface area (Å²) in [6.07, 6.45) is 1.78. The molecule has 0 atom stereocenters. The molecule has 1 N–H and O–H groups in total. The Morgan fingerprint density at radius 2 is 1.86 bits per heavy atom. The highest BCUT2D eigenvalue weighted by Crippen LogP contribution is 2.24. The third-order valence-electron chi connectivity index (χ3n) is 4.07. The Balaban J connectivity index is 1.67. The molecule has 0 fully saturated rings. The molecular weight excluding hydrogens is 386 g/mol. The molecule has 0 bridgehead atoms. The molecule has 3 rings (SSSR count). The van der Waals surface area contributed by atoms with Crippen molar-refractivity contribution in [3.8, 4) is 5.75 Å². The van der Waals surface area contributed by atoms with E-state index in [0.29, 0.717) is 17.0 Å². The fourth-order valence-corrected chi connectivity index (χ4v) is 3.40. The molecule has 6 heteroatoms. The van der Waals surface area contributed by atoms with Gasteiger partial charge in [0, 0.05) is 10.6 Å². The summed E-state index contributed by atoms with van der Waals surface area (Å²) >= 11 is 1.44. The number of anilines is 1. The minimum Gasteiger partial charge on any atom is -0.497 e. The van der Waals surface area contributed by atoms with Crippen LogP contribution in [0.1, 0.15) is 16.0 Å². The number of carbonyl (C=O) groups is 2. The van der Waals surface area contributed by atoms with E-state index >= 15 is 0 Å². The number of benzene rings is 2. The van der Waals surface area contributed by atoms with Crippen LogP contribution in [0.4, 0.5) is 5.69 Å². The molecule has 1 aromatic heterocycles. The molecule has 0 unspecified atom stereocenters. The second-order valence-electron chi connectivity index (χ2n) is 6.30. The normalized spacial score (nSPS) is 11.0. The molecule has 29 heavy (non-hydrogen) atoms. The Labute approximate surface area is 173 Å². The van der Waals surface area contributed by atoms with Gasteiger partial charge in [0.2, 0.25) is 0 Å². The first-order valence-corrected chi connectivity index (χ1v) is 9.86. The molecule has 1 amide bonds. The number of methoxy groups -OCH3 is 1. The number of aryl methyl sites for hydroxylation is 1. The van der Waals surface area contributed by atoms with Crippen molar-refractivity contribution in [1.29, 1.82) is 0 Å². The fraction of sp³-hybridized carbons (Fsp3) is 0.130. The maximum absolute atomic E-state index is 12.7. The van der Waals surface area contributed by atoms with Crippen molar-refractivity contribution in [2.75, 3.05) is 19.0 Å². The largest absolute Gasteiger partial charge is 0.497 e. The van der Waals surface area contributed by atoms with Crippen LogP contribution in [0.5, 0.6) is 5.75 Å². The lowest BCUT2D eigenvalue weighted by Crippen LogP contribution is -2.21. The van der Waals surface area contributed by atoms with Crippen molar-refractivity contribution < 1.29 is 19.1 Å². The zero-order chi connectivity index (χ0) is 20.6. The van der Waals surface area contributed by atoms with Crippen molar-refractivity contribution >= 4 is 40.5 Å².